The molecule has 1 aliphatic rings. The monoisotopic (exact) mass is 355 g/mol. The highest BCUT2D eigenvalue weighted by Crippen LogP contribution is 2.29. The molecule has 0 aromatic heterocycles. The summed E-state index contributed by atoms with van der Waals surface area (Å²) < 4.78 is 10.5. The number of carbonyl (C=O) groups excluding carboxylic acids is 1. The van der Waals surface area contributed by atoms with Gasteiger partial charge < -0.3 is 14.4 Å². The van der Waals surface area contributed by atoms with E-state index in [9.17, 15) is 4.79 Å². The van der Waals surface area contributed by atoms with Crippen LogP contribution < -0.4 is 9.47 Å². The molecule has 1 saturated heterocycles. The van der Waals surface area contributed by atoms with Gasteiger partial charge in [0.05, 0.1) is 20.6 Å². The zero-order chi connectivity index (χ0) is 15.4. The van der Waals surface area contributed by atoms with Gasteiger partial charge in [-0.1, -0.05) is 28.9 Å². The SMILES string of the molecule is COc1ccc(CC(=O)N2CCC(C)C2CBr)cc1OC. The fraction of sp³-hybridized carbons (Fsp3) is 0.562. The predicted octanol–water partition coefficient (Wildman–Crippen LogP) is 2.88. The Morgan fingerprint density at radius 1 is 1.33 bits per heavy atom. The lowest BCUT2D eigenvalue weighted by molar-refractivity contribution is -0.131. The summed E-state index contributed by atoms with van der Waals surface area (Å²) in [5.41, 5.74) is 0.950. The molecule has 116 valence electrons. The number of halogens is 1. The lowest BCUT2D eigenvalue weighted by Crippen LogP contribution is -2.39. The second kappa shape index (κ2) is 7.16. The van der Waals surface area contributed by atoms with Gasteiger partial charge in [-0.3, -0.25) is 4.79 Å². The number of alkyl halides is 1. The van der Waals surface area contributed by atoms with Crippen LogP contribution in [0, 0.1) is 5.92 Å². The molecule has 1 amide bonds. The largest absolute Gasteiger partial charge is 0.493 e. The van der Waals surface area contributed by atoms with Crippen LogP contribution in [0.3, 0.4) is 0 Å². The fourth-order valence-corrected chi connectivity index (χ4v) is 3.81. The minimum atomic E-state index is 0.177. The predicted molar refractivity (Wildman–Crippen MR) is 86.3 cm³/mol. The van der Waals surface area contributed by atoms with Gasteiger partial charge >= 0.3 is 0 Å². The summed E-state index contributed by atoms with van der Waals surface area (Å²) in [6, 6.07) is 5.94. The van der Waals surface area contributed by atoms with Crippen LogP contribution in [0.4, 0.5) is 0 Å². The molecule has 0 radical (unpaired) electrons. The van der Waals surface area contributed by atoms with Crippen molar-refractivity contribution in [1.29, 1.82) is 0 Å². The van der Waals surface area contributed by atoms with Crippen LogP contribution in [0.5, 0.6) is 11.5 Å². The molecular formula is C16H22BrNO3. The zero-order valence-electron chi connectivity index (χ0n) is 12.8. The number of benzene rings is 1. The van der Waals surface area contributed by atoms with Crippen LogP contribution in [-0.4, -0.2) is 42.9 Å². The zero-order valence-corrected chi connectivity index (χ0v) is 14.4. The van der Waals surface area contributed by atoms with E-state index < -0.39 is 0 Å². The average molecular weight is 356 g/mol. The average Bonchev–Trinajstić information content (AvgIpc) is 2.87. The second-order valence-corrected chi connectivity index (χ2v) is 6.09. The number of amides is 1. The Morgan fingerprint density at radius 3 is 2.67 bits per heavy atom. The van der Waals surface area contributed by atoms with Crippen LogP contribution in [0.1, 0.15) is 18.9 Å². The van der Waals surface area contributed by atoms with Gasteiger partial charge in [-0.25, -0.2) is 0 Å². The molecule has 0 aliphatic carbocycles. The maximum absolute atomic E-state index is 12.5. The molecule has 0 saturated carbocycles. The van der Waals surface area contributed by atoms with Crippen molar-refractivity contribution in [2.45, 2.75) is 25.8 Å². The molecule has 1 heterocycles. The van der Waals surface area contributed by atoms with Gasteiger partial charge in [0.2, 0.25) is 5.91 Å². The molecule has 2 atom stereocenters. The molecule has 2 unspecified atom stereocenters. The number of likely N-dealkylation sites (tertiary alicyclic amines) is 1. The molecule has 1 fully saturated rings. The first-order valence-corrected chi connectivity index (χ1v) is 8.29. The number of carbonyl (C=O) groups is 1. The van der Waals surface area contributed by atoms with E-state index in [1.807, 2.05) is 23.1 Å². The topological polar surface area (TPSA) is 38.8 Å². The number of methoxy groups -OCH3 is 2. The fourth-order valence-electron chi connectivity index (χ4n) is 2.82. The summed E-state index contributed by atoms with van der Waals surface area (Å²) in [4.78, 5) is 14.5. The maximum atomic E-state index is 12.5. The van der Waals surface area contributed by atoms with Crippen LogP contribution >= 0.6 is 15.9 Å². The number of hydrogen-bond donors (Lipinski definition) is 0. The van der Waals surface area contributed by atoms with E-state index in [4.69, 9.17) is 9.47 Å². The van der Waals surface area contributed by atoms with Crippen molar-refractivity contribution in [2.24, 2.45) is 5.92 Å². The molecule has 21 heavy (non-hydrogen) atoms. The number of nitrogens with zero attached hydrogens (tertiary/aromatic N) is 1. The third-order valence-corrected chi connectivity index (χ3v) is 4.83. The van der Waals surface area contributed by atoms with E-state index in [0.29, 0.717) is 29.9 Å². The Bertz CT molecular complexity index is 506. The van der Waals surface area contributed by atoms with E-state index >= 15 is 0 Å². The summed E-state index contributed by atoms with van der Waals surface area (Å²) in [5.74, 6) is 2.08. The number of ether oxygens (including phenoxy) is 2. The minimum absolute atomic E-state index is 0.177. The van der Waals surface area contributed by atoms with Crippen molar-refractivity contribution in [3.8, 4) is 11.5 Å². The minimum Gasteiger partial charge on any atom is -0.493 e. The Labute approximate surface area is 134 Å². The lowest BCUT2D eigenvalue weighted by atomic mass is 10.0. The van der Waals surface area contributed by atoms with Gasteiger partial charge in [0.1, 0.15) is 0 Å². The maximum Gasteiger partial charge on any atom is 0.227 e. The highest BCUT2D eigenvalue weighted by atomic mass is 79.9. The van der Waals surface area contributed by atoms with Crippen molar-refractivity contribution in [1.82, 2.24) is 4.90 Å². The van der Waals surface area contributed by atoms with Gasteiger partial charge in [0.15, 0.2) is 11.5 Å². The lowest BCUT2D eigenvalue weighted by Gasteiger charge is -2.25. The first-order valence-electron chi connectivity index (χ1n) is 7.17. The first kappa shape index (κ1) is 16.1. The molecule has 2 rings (SSSR count). The van der Waals surface area contributed by atoms with Gasteiger partial charge in [-0.05, 0) is 30.0 Å². The van der Waals surface area contributed by atoms with Crippen molar-refractivity contribution in [2.75, 3.05) is 26.1 Å². The van der Waals surface area contributed by atoms with Crippen LogP contribution in [-0.2, 0) is 11.2 Å². The highest BCUT2D eigenvalue weighted by molar-refractivity contribution is 9.09. The quantitative estimate of drug-likeness (QED) is 0.762. The van der Waals surface area contributed by atoms with E-state index in [-0.39, 0.29) is 5.91 Å². The van der Waals surface area contributed by atoms with Crippen molar-refractivity contribution < 1.29 is 14.3 Å². The summed E-state index contributed by atoms with van der Waals surface area (Å²) >= 11 is 3.52. The van der Waals surface area contributed by atoms with E-state index in [0.717, 1.165) is 23.9 Å². The first-order chi connectivity index (χ1) is 10.1. The third-order valence-electron chi connectivity index (χ3n) is 4.16. The Balaban J connectivity index is 2.09. The third kappa shape index (κ3) is 3.51. The molecule has 0 bridgehead atoms. The van der Waals surface area contributed by atoms with E-state index in [1.54, 1.807) is 14.2 Å². The van der Waals surface area contributed by atoms with Crippen molar-refractivity contribution >= 4 is 21.8 Å². The van der Waals surface area contributed by atoms with E-state index in [1.165, 1.54) is 0 Å². The van der Waals surface area contributed by atoms with Crippen LogP contribution in [0.15, 0.2) is 18.2 Å². The molecule has 1 aliphatic heterocycles. The van der Waals surface area contributed by atoms with Crippen LogP contribution in [0.2, 0.25) is 0 Å². The Kier molecular flexibility index (Phi) is 5.51. The smallest absolute Gasteiger partial charge is 0.227 e. The van der Waals surface area contributed by atoms with Gasteiger partial charge in [-0.15, -0.1) is 0 Å². The van der Waals surface area contributed by atoms with Gasteiger partial charge in [-0.2, -0.15) is 0 Å². The molecule has 1 aromatic carbocycles. The Hall–Kier alpha value is -1.23. The number of rotatable bonds is 5. The number of hydrogen-bond acceptors (Lipinski definition) is 3. The van der Waals surface area contributed by atoms with Crippen molar-refractivity contribution in [3.63, 3.8) is 0 Å². The van der Waals surface area contributed by atoms with Gasteiger partial charge in [0, 0.05) is 17.9 Å². The molecule has 4 nitrogen and oxygen atoms in total. The Morgan fingerprint density at radius 2 is 2.05 bits per heavy atom. The molecule has 1 aromatic rings. The normalized spacial score (nSPS) is 21.4. The summed E-state index contributed by atoms with van der Waals surface area (Å²) in [7, 11) is 3.21. The summed E-state index contributed by atoms with van der Waals surface area (Å²) in [6.07, 6.45) is 1.48. The van der Waals surface area contributed by atoms with E-state index in [2.05, 4.69) is 22.9 Å². The highest BCUT2D eigenvalue weighted by Gasteiger charge is 2.33. The summed E-state index contributed by atoms with van der Waals surface area (Å²) in [5, 5.41) is 0.839. The molecule has 5 heteroatoms. The van der Waals surface area contributed by atoms with Crippen LogP contribution in [0.25, 0.3) is 0 Å². The second-order valence-electron chi connectivity index (χ2n) is 5.44. The standard InChI is InChI=1S/C16H22BrNO3/c1-11-6-7-18(13(11)10-17)16(19)9-12-4-5-14(20-2)15(8-12)21-3/h4-5,8,11,13H,6-7,9-10H2,1-3H3. The van der Waals surface area contributed by atoms with Crippen molar-refractivity contribution in [3.05, 3.63) is 23.8 Å². The molecular weight excluding hydrogens is 334 g/mol. The summed E-state index contributed by atoms with van der Waals surface area (Å²) in [6.45, 7) is 3.05. The molecule has 0 spiro atoms. The van der Waals surface area contributed by atoms with Gasteiger partial charge in [0.25, 0.3) is 0 Å². The molecule has 0 N–H and O–H groups in total.